The number of rotatable bonds is 16. The van der Waals surface area contributed by atoms with Crippen LogP contribution in [0.25, 0.3) is 0 Å². The number of carbonyl (C=O) groups excluding carboxylic acids is 3. The molecular weight excluding hydrogens is 452 g/mol. The molecule has 0 bridgehead atoms. The molecule has 2 N–H and O–H groups in total. The fourth-order valence-electron chi connectivity index (χ4n) is 3.87. The Kier molecular flexibility index (Phi) is 14.5. The minimum Gasteiger partial charge on any atom is -0.431 e. The van der Waals surface area contributed by atoms with Crippen molar-refractivity contribution in [3.63, 3.8) is 0 Å². The number of nitrogens with zero attached hydrogens (tertiary/aromatic N) is 1. The molecule has 1 saturated heterocycles. The summed E-state index contributed by atoms with van der Waals surface area (Å²) in [5.74, 6) is 0.399. The summed E-state index contributed by atoms with van der Waals surface area (Å²) in [6, 6.07) is 0. The molecule has 8 heteroatoms. The second-order valence-corrected chi connectivity index (χ2v) is 11.4. The number of allylic oxidation sites excluding steroid dienone is 1. The van der Waals surface area contributed by atoms with Gasteiger partial charge in [-0.05, 0) is 59.8 Å². The average Bonchev–Trinajstić information content (AvgIpc) is 3.07. The van der Waals surface area contributed by atoms with Gasteiger partial charge < -0.3 is 20.1 Å². The molecule has 0 spiro atoms. The maximum Gasteiger partial charge on any atom is 0.310 e. The first kappa shape index (κ1) is 30.5. The molecule has 1 rings (SSSR count). The number of aliphatic hydroxyl groups is 1. The summed E-state index contributed by atoms with van der Waals surface area (Å²) in [6.07, 6.45) is 10.6. The van der Waals surface area contributed by atoms with Gasteiger partial charge in [-0.3, -0.25) is 14.4 Å². The zero-order valence-electron chi connectivity index (χ0n) is 21.9. The molecule has 0 aromatic heterocycles. The van der Waals surface area contributed by atoms with Gasteiger partial charge >= 0.3 is 5.97 Å². The van der Waals surface area contributed by atoms with Gasteiger partial charge in [-0.1, -0.05) is 39.0 Å². The predicted octanol–water partition coefficient (Wildman–Crippen LogP) is 4.92. The zero-order valence-corrected chi connectivity index (χ0v) is 22.7. The van der Waals surface area contributed by atoms with Gasteiger partial charge in [0.2, 0.25) is 11.8 Å². The van der Waals surface area contributed by atoms with Crippen molar-refractivity contribution in [3.8, 4) is 0 Å². The summed E-state index contributed by atoms with van der Waals surface area (Å²) in [6.45, 7) is 10.2. The van der Waals surface area contributed by atoms with Crippen LogP contribution in [-0.2, 0) is 19.1 Å². The van der Waals surface area contributed by atoms with Crippen LogP contribution in [0.3, 0.4) is 0 Å². The van der Waals surface area contributed by atoms with Crippen LogP contribution in [0.2, 0.25) is 0 Å². The second kappa shape index (κ2) is 16.2. The molecule has 2 unspecified atom stereocenters. The van der Waals surface area contributed by atoms with E-state index in [0.717, 1.165) is 70.8 Å². The summed E-state index contributed by atoms with van der Waals surface area (Å²) >= 11 is 1.68. The first-order chi connectivity index (χ1) is 16.0. The number of hydrogen-bond donors (Lipinski definition) is 2. The highest BCUT2D eigenvalue weighted by atomic mass is 32.2. The van der Waals surface area contributed by atoms with Crippen LogP contribution in [0.1, 0.15) is 105 Å². The van der Waals surface area contributed by atoms with E-state index in [2.05, 4.69) is 12.2 Å². The number of nitrogens with one attached hydrogen (secondary N) is 1. The average molecular weight is 499 g/mol. The lowest BCUT2D eigenvalue weighted by Gasteiger charge is -2.24. The largest absolute Gasteiger partial charge is 0.431 e. The first-order valence-corrected chi connectivity index (χ1v) is 13.9. The molecule has 2 atom stereocenters. The van der Waals surface area contributed by atoms with Crippen LogP contribution in [0, 0.1) is 0 Å². The Labute approximate surface area is 210 Å². The van der Waals surface area contributed by atoms with Gasteiger partial charge in [0, 0.05) is 24.6 Å². The molecule has 34 heavy (non-hydrogen) atoms. The molecule has 7 nitrogen and oxygen atoms in total. The van der Waals surface area contributed by atoms with Gasteiger partial charge in [0.1, 0.15) is 5.76 Å². The van der Waals surface area contributed by atoms with E-state index >= 15 is 0 Å². The second-order valence-electron chi connectivity index (χ2n) is 10.2. The van der Waals surface area contributed by atoms with Crippen molar-refractivity contribution < 1.29 is 24.2 Å². The molecule has 0 saturated carbocycles. The van der Waals surface area contributed by atoms with Crippen molar-refractivity contribution in [2.75, 3.05) is 12.3 Å². The third-order valence-corrected chi connectivity index (χ3v) is 6.88. The van der Waals surface area contributed by atoms with E-state index in [1.165, 1.54) is 6.08 Å². The number of aliphatic hydroxyl groups excluding tert-OH is 1. The van der Waals surface area contributed by atoms with Crippen LogP contribution in [0.4, 0.5) is 0 Å². The van der Waals surface area contributed by atoms with Crippen LogP contribution < -0.4 is 5.32 Å². The van der Waals surface area contributed by atoms with Gasteiger partial charge in [0.05, 0.1) is 17.2 Å². The number of ether oxygens (including phenoxy) is 1. The summed E-state index contributed by atoms with van der Waals surface area (Å²) in [4.78, 5) is 38.1. The Morgan fingerprint density at radius 2 is 1.88 bits per heavy atom. The number of thioether (sulfide) groups is 1. The fraction of sp³-hybridized carbons (Fsp3) is 0.808. The van der Waals surface area contributed by atoms with Gasteiger partial charge in [-0.2, -0.15) is 0 Å². The zero-order chi connectivity index (χ0) is 25.6. The third-order valence-electron chi connectivity index (χ3n) is 5.59. The summed E-state index contributed by atoms with van der Waals surface area (Å²) < 4.78 is 5.21. The standard InChI is InChI=1S/C26H46N2O5S/c1-6-7-10-13-21(29)15-16-24-28(23(31)19-34-24)17-12-9-8-11-14-25(32)33-20(2)18-22(30)27-26(3,4)5/h18,21,24,29H,6-17,19H2,1-5H3,(H,27,30)/b20-18-. The highest BCUT2D eigenvalue weighted by Crippen LogP contribution is 2.29. The van der Waals surface area contributed by atoms with E-state index in [4.69, 9.17) is 4.74 Å². The van der Waals surface area contributed by atoms with Crippen LogP contribution >= 0.6 is 11.8 Å². The summed E-state index contributed by atoms with van der Waals surface area (Å²) in [5.41, 5.74) is -0.342. The van der Waals surface area contributed by atoms with E-state index in [1.54, 1.807) is 18.7 Å². The maximum atomic E-state index is 12.3. The minimum atomic E-state index is -0.342. The number of unbranched alkanes of at least 4 members (excludes halogenated alkanes) is 5. The van der Waals surface area contributed by atoms with Crippen molar-refractivity contribution >= 4 is 29.5 Å². The van der Waals surface area contributed by atoms with Crippen LogP contribution in [0.15, 0.2) is 11.8 Å². The molecule has 1 aliphatic heterocycles. The van der Waals surface area contributed by atoms with Crippen molar-refractivity contribution in [2.24, 2.45) is 0 Å². The molecule has 1 heterocycles. The smallest absolute Gasteiger partial charge is 0.310 e. The van der Waals surface area contributed by atoms with E-state index < -0.39 is 0 Å². The van der Waals surface area contributed by atoms with Crippen molar-refractivity contribution in [1.29, 1.82) is 0 Å². The molecule has 2 amide bonds. The number of hydrogen-bond acceptors (Lipinski definition) is 6. The third kappa shape index (κ3) is 14.0. The Morgan fingerprint density at radius 1 is 1.18 bits per heavy atom. The Balaban J connectivity index is 2.21. The summed E-state index contributed by atoms with van der Waals surface area (Å²) in [5, 5.41) is 13.1. The molecule has 0 aromatic rings. The molecule has 0 aliphatic carbocycles. The lowest BCUT2D eigenvalue weighted by molar-refractivity contribution is -0.139. The first-order valence-electron chi connectivity index (χ1n) is 12.8. The quantitative estimate of drug-likeness (QED) is 0.136. The number of carbonyl (C=O) groups is 3. The Bertz CT molecular complexity index is 675. The molecule has 0 radical (unpaired) electrons. The monoisotopic (exact) mass is 498 g/mol. The minimum absolute atomic E-state index is 0.175. The van der Waals surface area contributed by atoms with Crippen molar-refractivity contribution in [1.82, 2.24) is 10.2 Å². The van der Waals surface area contributed by atoms with E-state index in [0.29, 0.717) is 17.9 Å². The molecule has 1 aliphatic rings. The predicted molar refractivity (Wildman–Crippen MR) is 138 cm³/mol. The highest BCUT2D eigenvalue weighted by Gasteiger charge is 2.31. The van der Waals surface area contributed by atoms with Gasteiger partial charge in [0.25, 0.3) is 0 Å². The van der Waals surface area contributed by atoms with Crippen LogP contribution in [0.5, 0.6) is 0 Å². The highest BCUT2D eigenvalue weighted by molar-refractivity contribution is 8.00. The Hall–Kier alpha value is -1.54. The lowest BCUT2D eigenvalue weighted by atomic mass is 10.1. The maximum absolute atomic E-state index is 12.3. The SMILES string of the molecule is CCCCCC(O)CCC1SCC(=O)N1CCCCCCC(=O)O/C(C)=C\C(=O)NC(C)(C)C. The lowest BCUT2D eigenvalue weighted by Crippen LogP contribution is -2.39. The summed E-state index contributed by atoms with van der Waals surface area (Å²) in [7, 11) is 0. The fourth-order valence-corrected chi connectivity index (χ4v) is 5.08. The van der Waals surface area contributed by atoms with Gasteiger partial charge in [-0.25, -0.2) is 0 Å². The topological polar surface area (TPSA) is 95.9 Å². The van der Waals surface area contributed by atoms with Crippen molar-refractivity contribution in [3.05, 3.63) is 11.8 Å². The number of amides is 2. The van der Waals surface area contributed by atoms with Gasteiger partial charge in [-0.15, -0.1) is 11.8 Å². The molecule has 1 fully saturated rings. The Morgan fingerprint density at radius 3 is 2.56 bits per heavy atom. The van der Waals surface area contributed by atoms with E-state index in [9.17, 15) is 19.5 Å². The molecular formula is C26H46N2O5S. The van der Waals surface area contributed by atoms with Crippen LogP contribution in [-0.4, -0.2) is 57.1 Å². The normalized spacial score (nSPS) is 17.7. The number of esters is 1. The van der Waals surface area contributed by atoms with Crippen molar-refractivity contribution in [2.45, 2.75) is 122 Å². The molecule has 196 valence electrons. The van der Waals surface area contributed by atoms with Gasteiger partial charge in [0.15, 0.2) is 0 Å². The van der Waals surface area contributed by atoms with E-state index in [1.807, 2.05) is 25.7 Å². The van der Waals surface area contributed by atoms with E-state index in [-0.39, 0.29) is 34.8 Å². The molecule has 0 aromatic carbocycles.